The fourth-order valence-electron chi connectivity index (χ4n) is 2.81. The summed E-state index contributed by atoms with van der Waals surface area (Å²) in [7, 11) is 0. The third-order valence-corrected chi connectivity index (χ3v) is 4.46. The summed E-state index contributed by atoms with van der Waals surface area (Å²) in [4.78, 5) is 14.4. The molecule has 8 heteroatoms. The quantitative estimate of drug-likeness (QED) is 0.688. The molecule has 1 amide bonds. The summed E-state index contributed by atoms with van der Waals surface area (Å²) < 4.78 is 7.19. The first-order valence-electron chi connectivity index (χ1n) is 8.70. The highest BCUT2D eigenvalue weighted by molar-refractivity contribution is 5.89. The Morgan fingerprint density at radius 3 is 2.84 bits per heavy atom. The van der Waals surface area contributed by atoms with Crippen molar-refractivity contribution in [1.29, 1.82) is 0 Å². The zero-order valence-corrected chi connectivity index (χ0v) is 14.4. The van der Waals surface area contributed by atoms with E-state index in [0.717, 1.165) is 39.4 Å². The maximum absolute atomic E-state index is 12.1. The van der Waals surface area contributed by atoms with Crippen LogP contribution in [0.15, 0.2) is 22.5 Å². The Morgan fingerprint density at radius 1 is 1.32 bits per heavy atom. The number of ether oxygens (including phenoxy) is 1. The number of terminal acetylenes is 1. The van der Waals surface area contributed by atoms with Gasteiger partial charge in [-0.3, -0.25) is 14.4 Å². The predicted molar refractivity (Wildman–Crippen MR) is 93.0 cm³/mol. The average molecular weight is 344 g/mol. The first kappa shape index (κ1) is 17.6. The van der Waals surface area contributed by atoms with Crippen molar-refractivity contribution in [3.05, 3.63) is 12.3 Å². The summed E-state index contributed by atoms with van der Waals surface area (Å²) in [6.07, 6.45) is 9.45. The highest BCUT2D eigenvalue weighted by Gasteiger charge is 2.39. The average Bonchev–Trinajstić information content (AvgIpc) is 3.28. The summed E-state index contributed by atoms with van der Waals surface area (Å²) >= 11 is 0. The fraction of sp³-hybridized carbons (Fsp3) is 0.647. The maximum atomic E-state index is 12.1. The highest BCUT2D eigenvalue weighted by Crippen LogP contribution is 2.37. The summed E-state index contributed by atoms with van der Waals surface area (Å²) in [5.74, 6) is 3.09. The van der Waals surface area contributed by atoms with Crippen LogP contribution < -0.4 is 5.32 Å². The number of morpholine rings is 1. The van der Waals surface area contributed by atoms with Gasteiger partial charge in [0.05, 0.1) is 19.8 Å². The van der Waals surface area contributed by atoms with Crippen LogP contribution in [0.2, 0.25) is 0 Å². The normalized spacial score (nSPS) is 18.7. The highest BCUT2D eigenvalue weighted by atomic mass is 16.5. The second-order valence-electron chi connectivity index (χ2n) is 6.35. The SMILES string of the molecule is C#CCCC1(CCC(=O)Nc2ccn(CCN3CCOCC3)n2)N=N1. The van der Waals surface area contributed by atoms with Gasteiger partial charge in [0.25, 0.3) is 0 Å². The number of hydrogen-bond donors (Lipinski definition) is 1. The summed E-state index contributed by atoms with van der Waals surface area (Å²) in [5, 5.41) is 15.3. The number of rotatable bonds is 9. The molecule has 3 rings (SSSR count). The van der Waals surface area contributed by atoms with Crippen LogP contribution in [0.25, 0.3) is 0 Å². The Morgan fingerprint density at radius 2 is 2.12 bits per heavy atom. The lowest BCUT2D eigenvalue weighted by molar-refractivity contribution is -0.116. The van der Waals surface area contributed by atoms with Crippen LogP contribution in [0, 0.1) is 12.3 Å². The molecule has 1 saturated heterocycles. The van der Waals surface area contributed by atoms with Gasteiger partial charge in [-0.05, 0) is 0 Å². The Bertz CT molecular complexity index is 650. The van der Waals surface area contributed by atoms with Gasteiger partial charge in [0.2, 0.25) is 5.91 Å². The number of nitrogens with one attached hydrogen (secondary N) is 1. The molecule has 0 unspecified atom stereocenters. The van der Waals surface area contributed by atoms with E-state index < -0.39 is 5.66 Å². The van der Waals surface area contributed by atoms with Gasteiger partial charge in [-0.25, -0.2) is 0 Å². The van der Waals surface area contributed by atoms with E-state index in [1.807, 2.05) is 16.9 Å². The lowest BCUT2D eigenvalue weighted by Gasteiger charge is -2.26. The number of carbonyl (C=O) groups excluding carboxylic acids is 1. The molecule has 1 aromatic heterocycles. The molecule has 0 saturated carbocycles. The fourth-order valence-corrected chi connectivity index (χ4v) is 2.81. The first-order chi connectivity index (χ1) is 12.2. The van der Waals surface area contributed by atoms with Gasteiger partial charge in [-0.1, -0.05) is 0 Å². The lowest BCUT2D eigenvalue weighted by atomic mass is 10.0. The molecule has 1 N–H and O–H groups in total. The molecular formula is C17H24N6O2. The van der Waals surface area contributed by atoms with Gasteiger partial charge >= 0.3 is 0 Å². The van der Waals surface area contributed by atoms with Crippen LogP contribution in [0.5, 0.6) is 0 Å². The van der Waals surface area contributed by atoms with Crippen LogP contribution in [0.3, 0.4) is 0 Å². The molecule has 0 radical (unpaired) electrons. The lowest BCUT2D eigenvalue weighted by Crippen LogP contribution is -2.38. The molecule has 2 aliphatic heterocycles. The van der Waals surface area contributed by atoms with Crippen molar-refractivity contribution >= 4 is 11.7 Å². The third-order valence-electron chi connectivity index (χ3n) is 4.46. The van der Waals surface area contributed by atoms with Crippen molar-refractivity contribution < 1.29 is 9.53 Å². The van der Waals surface area contributed by atoms with Crippen molar-refractivity contribution in [2.45, 2.75) is 37.9 Å². The van der Waals surface area contributed by atoms with E-state index in [2.05, 4.69) is 31.5 Å². The monoisotopic (exact) mass is 344 g/mol. The number of anilines is 1. The largest absolute Gasteiger partial charge is 0.379 e. The van der Waals surface area contributed by atoms with Crippen molar-refractivity contribution in [3.63, 3.8) is 0 Å². The topological polar surface area (TPSA) is 84.1 Å². The van der Waals surface area contributed by atoms with Crippen LogP contribution in [-0.4, -0.2) is 59.1 Å². The van der Waals surface area contributed by atoms with Crippen molar-refractivity contribution in [1.82, 2.24) is 14.7 Å². The van der Waals surface area contributed by atoms with Crippen molar-refractivity contribution in [3.8, 4) is 12.3 Å². The zero-order valence-electron chi connectivity index (χ0n) is 14.4. The number of aromatic nitrogens is 2. The van der Waals surface area contributed by atoms with Gasteiger partial charge in [0.1, 0.15) is 0 Å². The standard InChI is InChI=1S/C17H24N6O2/c1-2-3-6-17(20-21-17)7-4-16(24)18-15-5-8-23(19-15)10-9-22-11-13-25-14-12-22/h1,5,8H,3-4,6-7,9-14H2,(H,18,19,24). The number of carbonyl (C=O) groups is 1. The minimum atomic E-state index is -0.415. The maximum Gasteiger partial charge on any atom is 0.225 e. The molecule has 0 atom stereocenters. The molecule has 0 aromatic carbocycles. The van der Waals surface area contributed by atoms with E-state index >= 15 is 0 Å². The second kappa shape index (κ2) is 8.23. The van der Waals surface area contributed by atoms with Crippen LogP contribution >= 0.6 is 0 Å². The Balaban J connectivity index is 1.37. The molecule has 0 aliphatic carbocycles. The van der Waals surface area contributed by atoms with E-state index in [1.165, 1.54) is 0 Å². The molecule has 134 valence electrons. The minimum Gasteiger partial charge on any atom is -0.379 e. The summed E-state index contributed by atoms with van der Waals surface area (Å²) in [6.45, 7) is 5.23. The van der Waals surface area contributed by atoms with Crippen LogP contribution in [0.1, 0.15) is 25.7 Å². The van der Waals surface area contributed by atoms with E-state index in [-0.39, 0.29) is 5.91 Å². The van der Waals surface area contributed by atoms with E-state index in [4.69, 9.17) is 11.2 Å². The van der Waals surface area contributed by atoms with Crippen molar-refractivity contribution in [2.75, 3.05) is 38.2 Å². The summed E-state index contributed by atoms with van der Waals surface area (Å²) in [6, 6.07) is 1.82. The number of nitrogens with zero attached hydrogens (tertiary/aromatic N) is 5. The predicted octanol–water partition coefficient (Wildman–Crippen LogP) is 1.51. The zero-order chi connectivity index (χ0) is 17.5. The van der Waals surface area contributed by atoms with E-state index in [1.54, 1.807) is 0 Å². The van der Waals surface area contributed by atoms with Gasteiger partial charge in [-0.2, -0.15) is 15.3 Å². The molecule has 0 spiro atoms. The molecule has 1 aromatic rings. The van der Waals surface area contributed by atoms with Crippen molar-refractivity contribution in [2.24, 2.45) is 10.2 Å². The molecule has 0 bridgehead atoms. The number of amides is 1. The smallest absolute Gasteiger partial charge is 0.225 e. The Kier molecular flexibility index (Phi) is 5.79. The van der Waals surface area contributed by atoms with Gasteiger partial charge < -0.3 is 10.1 Å². The Labute approximate surface area is 147 Å². The molecule has 8 nitrogen and oxygen atoms in total. The molecular weight excluding hydrogens is 320 g/mol. The molecule has 25 heavy (non-hydrogen) atoms. The molecule has 3 heterocycles. The summed E-state index contributed by atoms with van der Waals surface area (Å²) in [5.41, 5.74) is -0.415. The first-order valence-corrected chi connectivity index (χ1v) is 8.70. The minimum absolute atomic E-state index is 0.0733. The van der Waals surface area contributed by atoms with Gasteiger partial charge in [-0.15, -0.1) is 12.3 Å². The van der Waals surface area contributed by atoms with Crippen LogP contribution in [0.4, 0.5) is 5.82 Å². The number of hydrogen-bond acceptors (Lipinski definition) is 6. The van der Waals surface area contributed by atoms with E-state index in [0.29, 0.717) is 31.5 Å². The van der Waals surface area contributed by atoms with Gasteiger partial charge in [0.15, 0.2) is 11.5 Å². The van der Waals surface area contributed by atoms with Gasteiger partial charge in [0, 0.05) is 57.6 Å². The van der Waals surface area contributed by atoms with Crippen LogP contribution in [-0.2, 0) is 16.1 Å². The van der Waals surface area contributed by atoms with E-state index in [9.17, 15) is 4.79 Å². The third kappa shape index (κ3) is 5.37. The second-order valence-corrected chi connectivity index (χ2v) is 6.35. The molecule has 1 fully saturated rings. The molecule has 2 aliphatic rings. The Hall–Kier alpha value is -2.24.